The van der Waals surface area contributed by atoms with Gasteiger partial charge >= 0.3 is 5.97 Å². The van der Waals surface area contributed by atoms with Crippen LogP contribution in [0.3, 0.4) is 0 Å². The van der Waals surface area contributed by atoms with Crippen molar-refractivity contribution in [3.63, 3.8) is 0 Å². The molecule has 0 fully saturated rings. The third kappa shape index (κ3) is 2.71. The highest BCUT2D eigenvalue weighted by Crippen LogP contribution is 2.23. The molecule has 2 rings (SSSR count). The number of H-pyrrole nitrogens is 1. The first-order valence-corrected chi connectivity index (χ1v) is 6.08. The average Bonchev–Trinajstić information content (AvgIpc) is 2.85. The predicted octanol–water partition coefficient (Wildman–Crippen LogP) is 2.49. The van der Waals surface area contributed by atoms with Gasteiger partial charge in [-0.3, -0.25) is 0 Å². The second kappa shape index (κ2) is 4.29. The number of hydrogen-bond donors (Lipinski definition) is 1. The molecule has 2 aromatic rings. The molecule has 0 unspecified atom stereocenters. The Morgan fingerprint density at radius 1 is 1.41 bits per heavy atom. The van der Waals surface area contributed by atoms with Crippen molar-refractivity contribution < 1.29 is 9.53 Å². The highest BCUT2D eigenvalue weighted by molar-refractivity contribution is 7.08. The van der Waals surface area contributed by atoms with Crippen molar-refractivity contribution in [3.8, 4) is 11.3 Å². The second-order valence-corrected chi connectivity index (χ2v) is 5.31. The minimum atomic E-state index is -0.540. The van der Waals surface area contributed by atoms with E-state index in [1.165, 1.54) is 11.3 Å². The molecule has 0 saturated heterocycles. The molecule has 6 heteroatoms. The maximum Gasteiger partial charge on any atom is 0.361 e. The summed E-state index contributed by atoms with van der Waals surface area (Å²) in [4.78, 5) is 11.9. The largest absolute Gasteiger partial charge is 0.455 e. The summed E-state index contributed by atoms with van der Waals surface area (Å²) >= 11 is 1.54. The van der Waals surface area contributed by atoms with Crippen molar-refractivity contribution in [2.24, 2.45) is 0 Å². The topological polar surface area (TPSA) is 67.9 Å². The van der Waals surface area contributed by atoms with Crippen molar-refractivity contribution in [1.82, 2.24) is 15.4 Å². The predicted molar refractivity (Wildman–Crippen MR) is 64.9 cm³/mol. The molecule has 0 amide bonds. The van der Waals surface area contributed by atoms with Gasteiger partial charge in [-0.05, 0) is 32.2 Å². The van der Waals surface area contributed by atoms with Crippen molar-refractivity contribution >= 4 is 17.3 Å². The third-order valence-corrected chi connectivity index (χ3v) is 2.62. The number of hydrogen-bond acceptors (Lipinski definition) is 5. The lowest BCUT2D eigenvalue weighted by Gasteiger charge is -2.18. The summed E-state index contributed by atoms with van der Waals surface area (Å²) < 4.78 is 5.26. The zero-order chi connectivity index (χ0) is 12.5. The lowest BCUT2D eigenvalue weighted by Crippen LogP contribution is -2.24. The molecule has 0 saturated carbocycles. The Morgan fingerprint density at radius 3 is 2.76 bits per heavy atom. The summed E-state index contributed by atoms with van der Waals surface area (Å²) in [5, 5.41) is 14.1. The lowest BCUT2D eigenvalue weighted by molar-refractivity contribution is 0.00637. The molecule has 17 heavy (non-hydrogen) atoms. The van der Waals surface area contributed by atoms with Crippen LogP contribution in [0.25, 0.3) is 11.3 Å². The Balaban J connectivity index is 2.29. The summed E-state index contributed by atoms with van der Waals surface area (Å²) in [6.45, 7) is 5.44. The Morgan fingerprint density at radius 2 is 2.18 bits per heavy atom. The van der Waals surface area contributed by atoms with E-state index in [2.05, 4.69) is 15.4 Å². The minimum absolute atomic E-state index is 0.221. The van der Waals surface area contributed by atoms with E-state index >= 15 is 0 Å². The molecule has 90 valence electrons. The van der Waals surface area contributed by atoms with Crippen LogP contribution >= 0.6 is 11.3 Å². The molecule has 0 radical (unpaired) electrons. The van der Waals surface area contributed by atoms with Crippen LogP contribution in [-0.2, 0) is 4.74 Å². The fourth-order valence-corrected chi connectivity index (χ4v) is 1.94. The number of nitrogens with one attached hydrogen (secondary N) is 1. The molecular weight excluding hydrogens is 238 g/mol. The number of aromatic amines is 1. The van der Waals surface area contributed by atoms with Crippen LogP contribution in [0.5, 0.6) is 0 Å². The maximum absolute atomic E-state index is 11.9. The number of rotatable bonds is 2. The van der Waals surface area contributed by atoms with Gasteiger partial charge < -0.3 is 4.74 Å². The number of esters is 1. The van der Waals surface area contributed by atoms with Gasteiger partial charge in [-0.1, -0.05) is 0 Å². The SMILES string of the molecule is CC(C)(C)OC(=O)c1n[nH]nc1-c1ccsc1. The average molecular weight is 251 g/mol. The summed E-state index contributed by atoms with van der Waals surface area (Å²) in [5.41, 5.74) is 1.07. The van der Waals surface area contributed by atoms with E-state index in [0.29, 0.717) is 5.69 Å². The Hall–Kier alpha value is -1.69. The third-order valence-electron chi connectivity index (χ3n) is 1.93. The van der Waals surface area contributed by atoms with Crippen LogP contribution in [0.1, 0.15) is 31.3 Å². The van der Waals surface area contributed by atoms with Crippen molar-refractivity contribution in [1.29, 1.82) is 0 Å². The number of thiophene rings is 1. The van der Waals surface area contributed by atoms with E-state index in [4.69, 9.17) is 4.74 Å². The van der Waals surface area contributed by atoms with Gasteiger partial charge in [-0.15, -0.1) is 5.10 Å². The van der Waals surface area contributed by atoms with E-state index in [-0.39, 0.29) is 5.69 Å². The van der Waals surface area contributed by atoms with Gasteiger partial charge in [0.05, 0.1) is 0 Å². The van der Waals surface area contributed by atoms with Crippen LogP contribution in [0.4, 0.5) is 0 Å². The van der Waals surface area contributed by atoms with Crippen LogP contribution in [0, 0.1) is 0 Å². The van der Waals surface area contributed by atoms with Gasteiger partial charge in [0.2, 0.25) is 0 Å². The van der Waals surface area contributed by atoms with Gasteiger partial charge in [0, 0.05) is 10.9 Å². The summed E-state index contributed by atoms with van der Waals surface area (Å²) in [6.07, 6.45) is 0. The van der Waals surface area contributed by atoms with Gasteiger partial charge in [-0.2, -0.15) is 21.6 Å². The van der Waals surface area contributed by atoms with E-state index in [1.807, 2.05) is 37.6 Å². The molecule has 0 atom stereocenters. The molecular formula is C11H13N3O2S. The van der Waals surface area contributed by atoms with Crippen molar-refractivity contribution in [3.05, 3.63) is 22.5 Å². The van der Waals surface area contributed by atoms with Gasteiger partial charge in [0.15, 0.2) is 5.69 Å². The molecule has 5 nitrogen and oxygen atoms in total. The highest BCUT2D eigenvalue weighted by atomic mass is 32.1. The van der Waals surface area contributed by atoms with Crippen LogP contribution < -0.4 is 0 Å². The second-order valence-electron chi connectivity index (χ2n) is 4.53. The van der Waals surface area contributed by atoms with Crippen molar-refractivity contribution in [2.45, 2.75) is 26.4 Å². The zero-order valence-corrected chi connectivity index (χ0v) is 10.7. The molecule has 0 bridgehead atoms. The van der Waals surface area contributed by atoms with Gasteiger partial charge in [0.1, 0.15) is 11.3 Å². The standard InChI is InChI=1S/C11H13N3O2S/c1-11(2,3)16-10(15)9-8(12-14-13-9)7-4-5-17-6-7/h4-6H,1-3H3,(H,12,13,14). The molecule has 0 aliphatic heterocycles. The fourth-order valence-electron chi connectivity index (χ4n) is 1.30. The molecule has 0 aliphatic rings. The Labute approximate surface area is 103 Å². The molecule has 0 spiro atoms. The van der Waals surface area contributed by atoms with E-state index in [0.717, 1.165) is 5.56 Å². The number of nitrogens with zero attached hydrogens (tertiary/aromatic N) is 2. The monoisotopic (exact) mass is 251 g/mol. The Kier molecular flexibility index (Phi) is 2.97. The Bertz CT molecular complexity index is 511. The van der Waals surface area contributed by atoms with Crippen LogP contribution in [0.15, 0.2) is 16.8 Å². The number of ether oxygens (including phenoxy) is 1. The number of carbonyl (C=O) groups excluding carboxylic acids is 1. The zero-order valence-electron chi connectivity index (χ0n) is 9.85. The van der Waals surface area contributed by atoms with Gasteiger partial charge in [-0.25, -0.2) is 4.79 Å². The van der Waals surface area contributed by atoms with E-state index in [1.54, 1.807) is 0 Å². The maximum atomic E-state index is 11.9. The summed E-state index contributed by atoms with van der Waals surface area (Å²) in [6, 6.07) is 1.89. The minimum Gasteiger partial charge on any atom is -0.455 e. The first-order chi connectivity index (χ1) is 7.97. The molecule has 0 aromatic carbocycles. The summed E-state index contributed by atoms with van der Waals surface area (Å²) in [7, 11) is 0. The van der Waals surface area contributed by atoms with E-state index < -0.39 is 11.6 Å². The first-order valence-electron chi connectivity index (χ1n) is 5.14. The van der Waals surface area contributed by atoms with E-state index in [9.17, 15) is 4.79 Å². The fraction of sp³-hybridized carbons (Fsp3) is 0.364. The van der Waals surface area contributed by atoms with Crippen molar-refractivity contribution in [2.75, 3.05) is 0 Å². The molecule has 0 aliphatic carbocycles. The van der Waals surface area contributed by atoms with Gasteiger partial charge in [0.25, 0.3) is 0 Å². The molecule has 2 aromatic heterocycles. The lowest BCUT2D eigenvalue weighted by atomic mass is 10.1. The quantitative estimate of drug-likeness (QED) is 0.833. The first kappa shape index (κ1) is 11.8. The van der Waals surface area contributed by atoms with Crippen LogP contribution in [0.2, 0.25) is 0 Å². The number of aromatic nitrogens is 3. The molecule has 1 N–H and O–H groups in total. The normalized spacial score (nSPS) is 11.5. The smallest absolute Gasteiger partial charge is 0.361 e. The van der Waals surface area contributed by atoms with Crippen LogP contribution in [-0.4, -0.2) is 27.0 Å². The number of carbonyl (C=O) groups is 1. The highest BCUT2D eigenvalue weighted by Gasteiger charge is 2.24. The molecule has 2 heterocycles. The summed E-state index contributed by atoms with van der Waals surface area (Å²) in [5.74, 6) is -0.465.